The van der Waals surface area contributed by atoms with Crippen LogP contribution in [0.25, 0.3) is 0 Å². The van der Waals surface area contributed by atoms with Gasteiger partial charge in [0.25, 0.3) is 0 Å². The molecule has 0 saturated heterocycles. The maximum absolute atomic E-state index is 11.5. The van der Waals surface area contributed by atoms with E-state index in [-0.39, 0.29) is 29.6 Å². The van der Waals surface area contributed by atoms with Gasteiger partial charge in [-0.2, -0.15) is 0 Å². The predicted octanol–water partition coefficient (Wildman–Crippen LogP) is -0.248. The van der Waals surface area contributed by atoms with Gasteiger partial charge in [0.05, 0.1) is 0 Å². The van der Waals surface area contributed by atoms with Crippen molar-refractivity contribution in [1.29, 1.82) is 0 Å². The second-order valence-electron chi connectivity index (χ2n) is 5.38. The van der Waals surface area contributed by atoms with Gasteiger partial charge in [-0.25, -0.2) is 8.42 Å². The Labute approximate surface area is 144 Å². The van der Waals surface area contributed by atoms with Gasteiger partial charge < -0.3 is 9.45 Å². The molecule has 2 heterocycles. The van der Waals surface area contributed by atoms with Gasteiger partial charge in [-0.3, -0.25) is 0 Å². The first-order valence-corrected chi connectivity index (χ1v) is 8.54. The van der Waals surface area contributed by atoms with Gasteiger partial charge in [0.15, 0.2) is 4.87 Å². The Morgan fingerprint density at radius 2 is 1.90 bits per heavy atom. The molecule has 2 aliphatic heterocycles. The van der Waals surface area contributed by atoms with Gasteiger partial charge in [-0.1, -0.05) is 45.1 Å². The summed E-state index contributed by atoms with van der Waals surface area (Å²) in [5.41, 5.74) is 0.896. The van der Waals surface area contributed by atoms with Gasteiger partial charge in [-0.05, 0) is 18.6 Å². The molecule has 2 bridgehead atoms. The molecule has 0 fully saturated rings. The molecule has 0 amide bonds. The predicted molar refractivity (Wildman–Crippen MR) is 74.4 cm³/mol. The van der Waals surface area contributed by atoms with Gasteiger partial charge in [0, 0.05) is 18.7 Å². The van der Waals surface area contributed by atoms with E-state index in [1.807, 2.05) is 6.08 Å². The third-order valence-corrected chi connectivity index (χ3v) is 5.44. The fourth-order valence-electron chi connectivity index (χ4n) is 2.91. The van der Waals surface area contributed by atoms with Crippen LogP contribution < -0.4 is 29.6 Å². The molecular formula is C14H22NNaO3S. The van der Waals surface area contributed by atoms with Crippen LogP contribution in [0.2, 0.25) is 0 Å². The fourth-order valence-corrected chi connectivity index (χ4v) is 3.90. The summed E-state index contributed by atoms with van der Waals surface area (Å²) in [5, 5.41) is 0. The largest absolute Gasteiger partial charge is 1.00 e. The Morgan fingerprint density at radius 3 is 2.45 bits per heavy atom. The summed E-state index contributed by atoms with van der Waals surface area (Å²) >= 11 is 0. The van der Waals surface area contributed by atoms with Crippen molar-refractivity contribution in [2.45, 2.75) is 56.7 Å². The smallest absolute Gasteiger partial charge is 0.746 e. The summed E-state index contributed by atoms with van der Waals surface area (Å²) in [5.74, 6) is 0. The maximum atomic E-state index is 11.5. The minimum Gasteiger partial charge on any atom is -0.746 e. The molecule has 0 saturated carbocycles. The molecule has 1 atom stereocenters. The molecule has 6 heteroatoms. The van der Waals surface area contributed by atoms with Crippen molar-refractivity contribution >= 4 is 10.1 Å². The van der Waals surface area contributed by atoms with E-state index in [0.717, 1.165) is 18.5 Å². The Hall–Kier alpha value is 0.190. The van der Waals surface area contributed by atoms with Crippen molar-refractivity contribution in [3.8, 4) is 0 Å². The van der Waals surface area contributed by atoms with Crippen molar-refractivity contribution in [3.63, 3.8) is 0 Å². The van der Waals surface area contributed by atoms with Crippen LogP contribution in [0.1, 0.15) is 51.9 Å². The van der Waals surface area contributed by atoms with Crippen LogP contribution in [0.4, 0.5) is 0 Å². The van der Waals surface area contributed by atoms with Gasteiger partial charge in [-0.15, -0.1) is 0 Å². The molecule has 1 unspecified atom stereocenters. The van der Waals surface area contributed by atoms with Crippen molar-refractivity contribution in [1.82, 2.24) is 4.90 Å². The molecule has 0 aromatic rings. The first-order valence-electron chi connectivity index (χ1n) is 7.14. The second kappa shape index (κ2) is 7.45. The van der Waals surface area contributed by atoms with E-state index in [4.69, 9.17) is 0 Å². The molecule has 0 radical (unpaired) electrons. The van der Waals surface area contributed by atoms with Crippen LogP contribution in [0.3, 0.4) is 0 Å². The summed E-state index contributed by atoms with van der Waals surface area (Å²) < 4.78 is 34.5. The monoisotopic (exact) mass is 307 g/mol. The molecule has 4 nitrogen and oxygen atoms in total. The molecule has 0 aromatic carbocycles. The van der Waals surface area contributed by atoms with Crippen LogP contribution in [0.5, 0.6) is 0 Å². The number of unbranched alkanes of at least 4 members (excludes halogenated alkanes) is 5. The standard InChI is InChI=1S/C14H23NO3S.Na/c1-2-3-4-5-6-7-12-15-13-8-10-14(15,11-9-13)19(16,17)18;/h8-10H,2-7,11-12H2,1H3,(H,16,17,18);/q;+1/p-1. The Kier molecular flexibility index (Phi) is 6.80. The molecule has 0 N–H and O–H groups in total. The zero-order valence-electron chi connectivity index (χ0n) is 12.5. The van der Waals surface area contributed by atoms with E-state index in [1.54, 1.807) is 17.1 Å². The minimum absolute atomic E-state index is 0. The van der Waals surface area contributed by atoms with E-state index in [2.05, 4.69) is 6.92 Å². The Balaban J connectivity index is 0.00000200. The fraction of sp³-hybridized carbons (Fsp3) is 0.714. The maximum Gasteiger partial charge on any atom is 1.00 e. The Bertz CT molecular complexity index is 487. The molecular weight excluding hydrogens is 285 g/mol. The number of hydrogen-bond donors (Lipinski definition) is 0. The number of hydrogen-bond acceptors (Lipinski definition) is 4. The van der Waals surface area contributed by atoms with Crippen LogP contribution >= 0.6 is 0 Å². The zero-order valence-corrected chi connectivity index (χ0v) is 15.3. The SMILES string of the molecule is CCCCCCCCN1C2=CCC1(S(=O)(=O)[O-])C=C2.[Na+]. The molecule has 0 aromatic heterocycles. The van der Waals surface area contributed by atoms with Crippen molar-refractivity contribution < 1.29 is 42.5 Å². The number of fused-ring (bicyclic) bond motifs is 2. The minimum atomic E-state index is -4.34. The van der Waals surface area contributed by atoms with E-state index >= 15 is 0 Å². The zero-order chi connectivity index (χ0) is 13.9. The van der Waals surface area contributed by atoms with Crippen molar-refractivity contribution in [2.24, 2.45) is 0 Å². The van der Waals surface area contributed by atoms with Gasteiger partial charge >= 0.3 is 29.6 Å². The van der Waals surface area contributed by atoms with Crippen LogP contribution in [0.15, 0.2) is 23.9 Å². The molecule has 0 aliphatic carbocycles. The average Bonchev–Trinajstić information content (AvgIpc) is 2.89. The van der Waals surface area contributed by atoms with Crippen LogP contribution in [0, 0.1) is 0 Å². The van der Waals surface area contributed by atoms with Crippen LogP contribution in [-0.4, -0.2) is 29.3 Å². The van der Waals surface area contributed by atoms with Gasteiger partial charge in [0.1, 0.15) is 10.1 Å². The number of nitrogens with zero attached hydrogens (tertiary/aromatic N) is 1. The topological polar surface area (TPSA) is 60.4 Å². The molecule has 108 valence electrons. The second-order valence-corrected chi connectivity index (χ2v) is 7.00. The van der Waals surface area contributed by atoms with Gasteiger partial charge in [0.2, 0.25) is 0 Å². The van der Waals surface area contributed by atoms with Crippen LogP contribution in [-0.2, 0) is 10.1 Å². The third-order valence-electron chi connectivity index (χ3n) is 4.05. The van der Waals surface area contributed by atoms with Crippen molar-refractivity contribution in [2.75, 3.05) is 6.54 Å². The van der Waals surface area contributed by atoms with E-state index < -0.39 is 15.0 Å². The first kappa shape index (κ1) is 18.2. The van der Waals surface area contributed by atoms with Crippen molar-refractivity contribution in [3.05, 3.63) is 23.9 Å². The summed E-state index contributed by atoms with van der Waals surface area (Å²) in [6.45, 7) is 2.84. The summed E-state index contributed by atoms with van der Waals surface area (Å²) in [4.78, 5) is 0.459. The normalized spacial score (nSPS) is 23.9. The van der Waals surface area contributed by atoms with E-state index in [9.17, 15) is 13.0 Å². The molecule has 0 spiro atoms. The number of allylic oxidation sites excluding steroid dienone is 1. The summed E-state index contributed by atoms with van der Waals surface area (Å²) in [7, 11) is -4.34. The average molecular weight is 307 g/mol. The van der Waals surface area contributed by atoms with E-state index in [0.29, 0.717) is 13.0 Å². The first-order chi connectivity index (χ1) is 9.01. The van der Waals surface area contributed by atoms with E-state index in [1.165, 1.54) is 25.7 Å². The Morgan fingerprint density at radius 1 is 1.25 bits per heavy atom. The molecule has 2 rings (SSSR count). The number of rotatable bonds is 8. The quantitative estimate of drug-likeness (QED) is 0.352. The molecule has 2 aliphatic rings. The molecule has 20 heavy (non-hydrogen) atoms. The third kappa shape index (κ3) is 3.50. The summed E-state index contributed by atoms with van der Waals surface area (Å²) in [6, 6.07) is 0. The summed E-state index contributed by atoms with van der Waals surface area (Å²) in [6.07, 6.45) is 12.4.